The summed E-state index contributed by atoms with van der Waals surface area (Å²) in [7, 11) is 0. The van der Waals surface area contributed by atoms with Crippen LogP contribution in [0, 0.1) is 5.92 Å². The highest BCUT2D eigenvalue weighted by Crippen LogP contribution is 2.20. The molecule has 0 saturated heterocycles. The van der Waals surface area contributed by atoms with Crippen LogP contribution in [0.2, 0.25) is 0 Å². The lowest BCUT2D eigenvalue weighted by Crippen LogP contribution is -2.32. The normalized spacial score (nSPS) is 20.2. The maximum atomic E-state index is 11.7. The Morgan fingerprint density at radius 1 is 1.35 bits per heavy atom. The first-order valence-corrected chi connectivity index (χ1v) is 6.80. The number of nitrogens with one attached hydrogen (secondary N) is 1. The molecular weight excluding hydrogens is 216 g/mol. The molecule has 4 heteroatoms. The minimum atomic E-state index is 0.00146. The van der Waals surface area contributed by atoms with Gasteiger partial charge in [0.15, 0.2) is 0 Å². The molecule has 0 aromatic rings. The zero-order chi connectivity index (χ0) is 12.7. The molecule has 0 heterocycles. The zero-order valence-corrected chi connectivity index (χ0v) is 11.1. The maximum Gasteiger partial charge on any atom is 0.246 e. The predicted octanol–water partition coefficient (Wildman–Crippen LogP) is 2.13. The van der Waals surface area contributed by atoms with Crippen LogP contribution in [0.15, 0.2) is 0 Å². The van der Waals surface area contributed by atoms with Crippen molar-refractivity contribution < 1.29 is 9.63 Å². The van der Waals surface area contributed by atoms with Gasteiger partial charge in [-0.25, -0.2) is 5.48 Å². The lowest BCUT2D eigenvalue weighted by atomic mass is 10.0. The van der Waals surface area contributed by atoms with Crippen molar-refractivity contribution in [2.75, 3.05) is 0 Å². The fourth-order valence-electron chi connectivity index (χ4n) is 2.13. The molecule has 1 fully saturated rings. The molecule has 1 rings (SSSR count). The number of hydroxylamine groups is 1. The Balaban J connectivity index is 2.08. The van der Waals surface area contributed by atoms with Crippen LogP contribution in [0.3, 0.4) is 0 Å². The molecule has 2 unspecified atom stereocenters. The standard InChI is InChI=1S/C13H26N2O2/c1-10(6-5-7-11(2)14)13(16)15-17-12-8-3-4-9-12/h10-12H,3-9,14H2,1-2H3,(H,15,16). The Hall–Kier alpha value is -0.610. The van der Waals surface area contributed by atoms with Gasteiger partial charge in [0, 0.05) is 12.0 Å². The van der Waals surface area contributed by atoms with E-state index in [4.69, 9.17) is 10.6 Å². The summed E-state index contributed by atoms with van der Waals surface area (Å²) >= 11 is 0. The monoisotopic (exact) mass is 242 g/mol. The number of amides is 1. The van der Waals surface area contributed by atoms with Crippen LogP contribution < -0.4 is 11.2 Å². The van der Waals surface area contributed by atoms with Gasteiger partial charge in [-0.15, -0.1) is 0 Å². The van der Waals surface area contributed by atoms with Crippen molar-refractivity contribution in [1.82, 2.24) is 5.48 Å². The van der Waals surface area contributed by atoms with Crippen molar-refractivity contribution in [1.29, 1.82) is 0 Å². The van der Waals surface area contributed by atoms with Crippen LogP contribution in [-0.4, -0.2) is 18.1 Å². The fourth-order valence-corrected chi connectivity index (χ4v) is 2.13. The molecule has 0 spiro atoms. The summed E-state index contributed by atoms with van der Waals surface area (Å²) in [6.45, 7) is 3.93. The van der Waals surface area contributed by atoms with E-state index < -0.39 is 0 Å². The molecule has 1 aliphatic rings. The smallest absolute Gasteiger partial charge is 0.246 e. The minimum absolute atomic E-state index is 0.00146. The number of hydrogen-bond acceptors (Lipinski definition) is 3. The van der Waals surface area contributed by atoms with Gasteiger partial charge in [-0.2, -0.15) is 0 Å². The average molecular weight is 242 g/mol. The van der Waals surface area contributed by atoms with Crippen LogP contribution in [-0.2, 0) is 9.63 Å². The van der Waals surface area contributed by atoms with E-state index in [1.54, 1.807) is 0 Å². The van der Waals surface area contributed by atoms with E-state index in [0.717, 1.165) is 32.1 Å². The fraction of sp³-hybridized carbons (Fsp3) is 0.923. The van der Waals surface area contributed by atoms with Crippen LogP contribution in [0.4, 0.5) is 0 Å². The van der Waals surface area contributed by atoms with Crippen LogP contribution >= 0.6 is 0 Å². The molecule has 1 aliphatic carbocycles. The number of rotatable bonds is 7. The Morgan fingerprint density at radius 2 is 2.00 bits per heavy atom. The Bertz CT molecular complexity index is 225. The van der Waals surface area contributed by atoms with Gasteiger partial charge in [-0.05, 0) is 32.6 Å². The molecule has 0 bridgehead atoms. The van der Waals surface area contributed by atoms with E-state index in [-0.39, 0.29) is 24.0 Å². The third-order valence-corrected chi connectivity index (χ3v) is 3.37. The van der Waals surface area contributed by atoms with E-state index in [0.29, 0.717) is 0 Å². The highest BCUT2D eigenvalue weighted by molar-refractivity contribution is 5.77. The zero-order valence-electron chi connectivity index (χ0n) is 11.1. The van der Waals surface area contributed by atoms with E-state index in [2.05, 4.69) is 5.48 Å². The molecule has 0 aliphatic heterocycles. The molecular formula is C13H26N2O2. The number of carbonyl (C=O) groups is 1. The molecule has 1 saturated carbocycles. The lowest BCUT2D eigenvalue weighted by Gasteiger charge is -2.15. The van der Waals surface area contributed by atoms with Crippen molar-refractivity contribution in [2.24, 2.45) is 11.7 Å². The largest absolute Gasteiger partial charge is 0.328 e. The third kappa shape index (κ3) is 6.03. The topological polar surface area (TPSA) is 64.4 Å². The highest BCUT2D eigenvalue weighted by Gasteiger charge is 2.19. The lowest BCUT2D eigenvalue weighted by molar-refractivity contribution is -0.142. The highest BCUT2D eigenvalue weighted by atomic mass is 16.7. The molecule has 100 valence electrons. The molecule has 0 aromatic carbocycles. The molecule has 2 atom stereocenters. The van der Waals surface area contributed by atoms with E-state index in [9.17, 15) is 4.79 Å². The first-order valence-electron chi connectivity index (χ1n) is 6.80. The van der Waals surface area contributed by atoms with E-state index >= 15 is 0 Å². The van der Waals surface area contributed by atoms with Gasteiger partial charge < -0.3 is 5.73 Å². The number of carbonyl (C=O) groups excluding carboxylic acids is 1. The minimum Gasteiger partial charge on any atom is -0.328 e. The van der Waals surface area contributed by atoms with Crippen LogP contribution in [0.1, 0.15) is 58.8 Å². The van der Waals surface area contributed by atoms with E-state index in [1.165, 1.54) is 12.8 Å². The first kappa shape index (κ1) is 14.5. The van der Waals surface area contributed by atoms with Crippen molar-refractivity contribution in [3.63, 3.8) is 0 Å². The molecule has 17 heavy (non-hydrogen) atoms. The van der Waals surface area contributed by atoms with Gasteiger partial charge in [0.2, 0.25) is 5.91 Å². The second-order valence-electron chi connectivity index (χ2n) is 5.30. The van der Waals surface area contributed by atoms with Gasteiger partial charge in [-0.1, -0.05) is 26.2 Å². The van der Waals surface area contributed by atoms with E-state index in [1.807, 2.05) is 13.8 Å². The summed E-state index contributed by atoms with van der Waals surface area (Å²) in [6, 6.07) is 0.222. The second kappa shape index (κ2) is 7.67. The van der Waals surface area contributed by atoms with Gasteiger partial charge in [-0.3, -0.25) is 9.63 Å². The van der Waals surface area contributed by atoms with Crippen LogP contribution in [0.25, 0.3) is 0 Å². The summed E-state index contributed by atoms with van der Waals surface area (Å²) in [4.78, 5) is 17.1. The molecule has 0 aromatic heterocycles. The van der Waals surface area contributed by atoms with Crippen molar-refractivity contribution in [3.05, 3.63) is 0 Å². The Labute approximate surface area is 104 Å². The van der Waals surface area contributed by atoms with Gasteiger partial charge in [0.1, 0.15) is 0 Å². The maximum absolute atomic E-state index is 11.7. The molecule has 1 amide bonds. The van der Waals surface area contributed by atoms with Gasteiger partial charge >= 0.3 is 0 Å². The van der Waals surface area contributed by atoms with Gasteiger partial charge in [0.25, 0.3) is 0 Å². The number of nitrogens with two attached hydrogens (primary N) is 1. The second-order valence-corrected chi connectivity index (χ2v) is 5.30. The van der Waals surface area contributed by atoms with Gasteiger partial charge in [0.05, 0.1) is 6.10 Å². The molecule has 4 nitrogen and oxygen atoms in total. The summed E-state index contributed by atoms with van der Waals surface area (Å²) in [5.74, 6) is 0.0109. The molecule has 3 N–H and O–H groups in total. The predicted molar refractivity (Wildman–Crippen MR) is 68.1 cm³/mol. The SMILES string of the molecule is CC(N)CCCC(C)C(=O)NOC1CCCC1. The quantitative estimate of drug-likeness (QED) is 0.672. The first-order chi connectivity index (χ1) is 8.09. The number of hydrogen-bond donors (Lipinski definition) is 2. The Morgan fingerprint density at radius 3 is 2.59 bits per heavy atom. The summed E-state index contributed by atoms with van der Waals surface area (Å²) in [6.07, 6.45) is 7.64. The van der Waals surface area contributed by atoms with Crippen molar-refractivity contribution in [2.45, 2.75) is 70.9 Å². The molecule has 0 radical (unpaired) electrons. The van der Waals surface area contributed by atoms with Crippen LogP contribution in [0.5, 0.6) is 0 Å². The average Bonchev–Trinajstić information content (AvgIpc) is 2.78. The summed E-state index contributed by atoms with van der Waals surface area (Å²) in [5.41, 5.74) is 8.26. The Kier molecular flexibility index (Phi) is 6.52. The van der Waals surface area contributed by atoms with Crippen molar-refractivity contribution in [3.8, 4) is 0 Å². The third-order valence-electron chi connectivity index (χ3n) is 3.37. The van der Waals surface area contributed by atoms with Crippen molar-refractivity contribution >= 4 is 5.91 Å². The summed E-state index contributed by atoms with van der Waals surface area (Å²) < 4.78 is 0. The summed E-state index contributed by atoms with van der Waals surface area (Å²) in [5, 5.41) is 0.